The zero-order valence-electron chi connectivity index (χ0n) is 16.7. The van der Waals surface area contributed by atoms with Gasteiger partial charge >= 0.3 is 0 Å². The number of benzene rings is 2. The van der Waals surface area contributed by atoms with Gasteiger partial charge in [-0.25, -0.2) is 9.98 Å². The highest BCUT2D eigenvalue weighted by molar-refractivity contribution is 9.10. The van der Waals surface area contributed by atoms with Crippen LogP contribution in [0, 0.1) is 0 Å². The second-order valence-corrected chi connectivity index (χ2v) is 7.76. The number of hydrogen-bond donors (Lipinski definition) is 1. The molecule has 1 N–H and O–H groups in total. The largest absolute Gasteiger partial charge is 0.497 e. The first kappa shape index (κ1) is 20.7. The minimum absolute atomic E-state index is 0.0499. The maximum absolute atomic E-state index is 13.1. The smallest absolute Gasteiger partial charge is 0.244 e. The molecule has 0 unspecified atom stereocenters. The number of ether oxygens (including phenoxy) is 1. The van der Waals surface area contributed by atoms with Crippen LogP contribution in [-0.2, 0) is 9.59 Å². The molecule has 0 saturated heterocycles. The number of aromatic nitrogens is 1. The number of halogens is 1. The molecule has 8 heteroatoms. The van der Waals surface area contributed by atoms with Crippen molar-refractivity contribution in [3.05, 3.63) is 76.9 Å². The second-order valence-electron chi connectivity index (χ2n) is 6.84. The Labute approximate surface area is 187 Å². The number of fused-ring (bicyclic) bond motifs is 1. The third kappa shape index (κ3) is 4.80. The lowest BCUT2D eigenvalue weighted by atomic mass is 10.1. The van der Waals surface area contributed by atoms with E-state index in [4.69, 9.17) is 4.74 Å². The third-order valence-corrected chi connectivity index (χ3v) is 5.28. The summed E-state index contributed by atoms with van der Waals surface area (Å²) in [7, 11) is 1.60. The molecule has 156 valence electrons. The van der Waals surface area contributed by atoms with Crippen LogP contribution in [0.15, 0.2) is 76.3 Å². The summed E-state index contributed by atoms with van der Waals surface area (Å²) < 4.78 is 6.11. The molecule has 0 bridgehead atoms. The van der Waals surface area contributed by atoms with E-state index in [9.17, 15) is 9.59 Å². The van der Waals surface area contributed by atoms with Crippen LogP contribution in [0.25, 0.3) is 0 Å². The summed E-state index contributed by atoms with van der Waals surface area (Å²) in [5.41, 5.74) is 2.60. The van der Waals surface area contributed by atoms with E-state index in [1.54, 1.807) is 37.6 Å². The van der Waals surface area contributed by atoms with Gasteiger partial charge in [-0.05, 0) is 66.2 Å². The molecule has 0 atom stereocenters. The molecule has 0 fully saturated rings. The van der Waals surface area contributed by atoms with Crippen molar-refractivity contribution in [1.29, 1.82) is 0 Å². The molecule has 2 heterocycles. The Morgan fingerprint density at radius 2 is 1.87 bits per heavy atom. The monoisotopic (exact) mass is 478 g/mol. The van der Waals surface area contributed by atoms with Crippen molar-refractivity contribution in [2.75, 3.05) is 23.9 Å². The number of rotatable bonds is 5. The first-order chi connectivity index (χ1) is 15.0. The highest BCUT2D eigenvalue weighted by atomic mass is 79.9. The molecule has 7 nitrogen and oxygen atoms in total. The zero-order chi connectivity index (χ0) is 21.8. The van der Waals surface area contributed by atoms with Gasteiger partial charge < -0.3 is 10.1 Å². The lowest BCUT2D eigenvalue weighted by molar-refractivity contribution is -0.120. The first-order valence-electron chi connectivity index (χ1n) is 9.56. The minimum Gasteiger partial charge on any atom is -0.497 e. The maximum atomic E-state index is 13.1. The number of aliphatic imine (C=N–C) groups is 1. The molecule has 31 heavy (non-hydrogen) atoms. The fourth-order valence-electron chi connectivity index (χ4n) is 3.22. The Morgan fingerprint density at radius 3 is 2.58 bits per heavy atom. The summed E-state index contributed by atoms with van der Waals surface area (Å²) in [6, 6.07) is 18.1. The first-order valence-corrected chi connectivity index (χ1v) is 10.4. The van der Waals surface area contributed by atoms with Gasteiger partial charge in [0.15, 0.2) is 5.82 Å². The Hall–Kier alpha value is -3.52. The SMILES string of the molecule is COc1ccc(C2=Nc3cccnc3N(CC(=O)Nc3ccc(Br)cc3)C(=O)C2)cc1. The number of carbonyl (C=O) groups is 2. The molecule has 4 rings (SSSR count). The maximum Gasteiger partial charge on any atom is 0.244 e. The van der Waals surface area contributed by atoms with Crippen LogP contribution in [0.2, 0.25) is 0 Å². The van der Waals surface area contributed by atoms with Crippen molar-refractivity contribution in [2.24, 2.45) is 4.99 Å². The van der Waals surface area contributed by atoms with Gasteiger partial charge in [0.25, 0.3) is 0 Å². The van der Waals surface area contributed by atoms with Crippen LogP contribution in [0.1, 0.15) is 12.0 Å². The van der Waals surface area contributed by atoms with Crippen molar-refractivity contribution in [3.8, 4) is 5.75 Å². The predicted molar refractivity (Wildman–Crippen MR) is 123 cm³/mol. The van der Waals surface area contributed by atoms with E-state index < -0.39 is 0 Å². The van der Waals surface area contributed by atoms with Gasteiger partial charge in [-0.15, -0.1) is 0 Å². The molecule has 1 aliphatic rings. The number of hydrogen-bond acceptors (Lipinski definition) is 5. The summed E-state index contributed by atoms with van der Waals surface area (Å²) in [4.78, 5) is 36.2. The van der Waals surface area contributed by atoms with Gasteiger partial charge in [-0.1, -0.05) is 15.9 Å². The van der Waals surface area contributed by atoms with Gasteiger partial charge in [0, 0.05) is 16.4 Å². The van der Waals surface area contributed by atoms with Crippen LogP contribution < -0.4 is 15.0 Å². The van der Waals surface area contributed by atoms with Gasteiger partial charge in [-0.3, -0.25) is 14.5 Å². The number of pyridine rings is 1. The van der Waals surface area contributed by atoms with Crippen LogP contribution in [-0.4, -0.2) is 36.2 Å². The van der Waals surface area contributed by atoms with E-state index in [-0.39, 0.29) is 24.8 Å². The van der Waals surface area contributed by atoms with Crippen LogP contribution in [0.3, 0.4) is 0 Å². The van der Waals surface area contributed by atoms with Crippen molar-refractivity contribution < 1.29 is 14.3 Å². The van der Waals surface area contributed by atoms with Gasteiger partial charge in [0.05, 0.1) is 19.2 Å². The predicted octanol–water partition coefficient (Wildman–Crippen LogP) is 4.35. The molecule has 0 radical (unpaired) electrons. The van der Waals surface area contributed by atoms with E-state index in [1.165, 1.54) is 4.90 Å². The summed E-state index contributed by atoms with van der Waals surface area (Å²) in [5, 5.41) is 2.81. The quantitative estimate of drug-likeness (QED) is 0.590. The Balaban J connectivity index is 1.59. The number of amides is 2. The number of methoxy groups -OCH3 is 1. The van der Waals surface area contributed by atoms with Crippen LogP contribution >= 0.6 is 15.9 Å². The fourth-order valence-corrected chi connectivity index (χ4v) is 3.48. The van der Waals surface area contributed by atoms with Gasteiger partial charge in [-0.2, -0.15) is 0 Å². The van der Waals surface area contributed by atoms with Crippen LogP contribution in [0.5, 0.6) is 5.75 Å². The molecule has 2 amide bonds. The van der Waals surface area contributed by atoms with Crippen molar-refractivity contribution in [2.45, 2.75) is 6.42 Å². The molecule has 2 aromatic carbocycles. The number of nitrogens with zero attached hydrogens (tertiary/aromatic N) is 3. The van der Waals surface area contributed by atoms with Crippen molar-refractivity contribution in [3.63, 3.8) is 0 Å². The summed E-state index contributed by atoms with van der Waals surface area (Å²) in [6.45, 7) is -0.162. The Kier molecular flexibility index (Phi) is 6.08. The third-order valence-electron chi connectivity index (χ3n) is 4.75. The summed E-state index contributed by atoms with van der Waals surface area (Å²) in [5.74, 6) is 0.512. The molecule has 0 aliphatic carbocycles. The average molecular weight is 479 g/mol. The molecular formula is C23H19BrN4O3. The summed E-state index contributed by atoms with van der Waals surface area (Å²) >= 11 is 3.37. The van der Waals surface area contributed by atoms with E-state index >= 15 is 0 Å². The Morgan fingerprint density at radius 1 is 1.13 bits per heavy atom. The number of anilines is 2. The molecule has 0 saturated carbocycles. The number of carbonyl (C=O) groups excluding carboxylic acids is 2. The summed E-state index contributed by atoms with van der Waals surface area (Å²) in [6.07, 6.45) is 1.63. The molecule has 0 spiro atoms. The lowest BCUT2D eigenvalue weighted by Crippen LogP contribution is -2.38. The second kappa shape index (κ2) is 9.09. The van der Waals surface area contributed by atoms with E-state index in [0.29, 0.717) is 22.9 Å². The molecule has 3 aromatic rings. The van der Waals surface area contributed by atoms with E-state index in [2.05, 4.69) is 31.2 Å². The fraction of sp³-hybridized carbons (Fsp3) is 0.130. The number of nitrogens with one attached hydrogen (secondary N) is 1. The van der Waals surface area contributed by atoms with E-state index in [0.717, 1.165) is 15.8 Å². The van der Waals surface area contributed by atoms with Gasteiger partial charge in [0.2, 0.25) is 11.8 Å². The normalized spacial score (nSPS) is 13.2. The Bertz CT molecular complexity index is 1140. The highest BCUT2D eigenvalue weighted by Crippen LogP contribution is 2.31. The van der Waals surface area contributed by atoms with Crippen molar-refractivity contribution >= 4 is 50.6 Å². The zero-order valence-corrected chi connectivity index (χ0v) is 18.3. The molecule has 1 aliphatic heterocycles. The minimum atomic E-state index is -0.319. The van der Waals surface area contributed by atoms with Crippen molar-refractivity contribution in [1.82, 2.24) is 4.98 Å². The standard InChI is InChI=1S/C23H19BrN4O3/c1-31-18-10-4-15(5-11-18)20-13-22(30)28(23-19(27-20)3-2-12-25-23)14-21(29)26-17-8-6-16(24)7-9-17/h2-12H,13-14H2,1H3,(H,26,29). The van der Waals surface area contributed by atoms with E-state index in [1.807, 2.05) is 36.4 Å². The topological polar surface area (TPSA) is 83.9 Å². The van der Waals surface area contributed by atoms with Gasteiger partial charge in [0.1, 0.15) is 18.0 Å². The average Bonchev–Trinajstić information content (AvgIpc) is 2.92. The molecular weight excluding hydrogens is 460 g/mol. The molecule has 1 aromatic heterocycles. The highest BCUT2D eigenvalue weighted by Gasteiger charge is 2.27. The lowest BCUT2D eigenvalue weighted by Gasteiger charge is -2.20. The van der Waals surface area contributed by atoms with Crippen LogP contribution in [0.4, 0.5) is 17.2 Å².